The van der Waals surface area contributed by atoms with Crippen molar-refractivity contribution < 1.29 is 4.79 Å². The van der Waals surface area contributed by atoms with Crippen molar-refractivity contribution in [3.63, 3.8) is 0 Å². The second-order valence-electron chi connectivity index (χ2n) is 8.26. The molecule has 8 heteroatoms. The summed E-state index contributed by atoms with van der Waals surface area (Å²) in [5, 5.41) is 3.71. The van der Waals surface area contributed by atoms with E-state index in [4.69, 9.17) is 0 Å². The van der Waals surface area contributed by atoms with Crippen LogP contribution < -0.4 is 5.32 Å². The van der Waals surface area contributed by atoms with Crippen LogP contribution in [0.5, 0.6) is 0 Å². The first kappa shape index (κ1) is 19.8. The third-order valence-electron chi connectivity index (χ3n) is 6.50. The number of hydrogen-bond acceptors (Lipinski definition) is 7. The van der Waals surface area contributed by atoms with Crippen LogP contribution in [0.15, 0.2) is 41.2 Å². The van der Waals surface area contributed by atoms with Crippen LogP contribution in [-0.4, -0.2) is 75.3 Å². The Labute approximate surface area is 181 Å². The minimum atomic E-state index is 0.174. The summed E-state index contributed by atoms with van der Waals surface area (Å²) in [5.41, 5.74) is 4.85. The fourth-order valence-corrected chi connectivity index (χ4v) is 5.92. The summed E-state index contributed by atoms with van der Waals surface area (Å²) in [4.78, 5) is 28.9. The third kappa shape index (κ3) is 3.79. The summed E-state index contributed by atoms with van der Waals surface area (Å²) in [7, 11) is 0. The summed E-state index contributed by atoms with van der Waals surface area (Å²) < 4.78 is 0. The molecule has 0 bridgehead atoms. The zero-order chi connectivity index (χ0) is 20.7. The normalized spacial score (nSPS) is 24.1. The van der Waals surface area contributed by atoms with Crippen molar-refractivity contribution in [2.24, 2.45) is 0 Å². The van der Waals surface area contributed by atoms with Crippen molar-refractivity contribution in [2.45, 2.75) is 31.8 Å². The molecule has 0 radical (unpaired) electrons. The van der Waals surface area contributed by atoms with E-state index in [0.29, 0.717) is 11.5 Å². The van der Waals surface area contributed by atoms with E-state index in [2.05, 4.69) is 50.2 Å². The predicted molar refractivity (Wildman–Crippen MR) is 120 cm³/mol. The highest BCUT2D eigenvalue weighted by molar-refractivity contribution is 8.03. The van der Waals surface area contributed by atoms with E-state index in [1.54, 1.807) is 19.3 Å². The van der Waals surface area contributed by atoms with Gasteiger partial charge in [-0.2, -0.15) is 0 Å². The maximum absolute atomic E-state index is 11.7. The Morgan fingerprint density at radius 1 is 1.13 bits per heavy atom. The van der Waals surface area contributed by atoms with Gasteiger partial charge in [-0.1, -0.05) is 17.8 Å². The lowest BCUT2D eigenvalue weighted by atomic mass is 10.1. The molecule has 0 aliphatic carbocycles. The Bertz CT molecular complexity index is 987. The summed E-state index contributed by atoms with van der Waals surface area (Å²) >= 11 is 1.90. The summed E-state index contributed by atoms with van der Waals surface area (Å²) in [5.74, 6) is 0.174. The van der Waals surface area contributed by atoms with Gasteiger partial charge < -0.3 is 10.2 Å². The number of amides is 1. The highest BCUT2D eigenvalue weighted by Gasteiger charge is 2.34. The summed E-state index contributed by atoms with van der Waals surface area (Å²) in [6.45, 7) is 9.71. The molecule has 30 heavy (non-hydrogen) atoms. The van der Waals surface area contributed by atoms with Crippen molar-refractivity contribution in [2.75, 3.05) is 39.3 Å². The van der Waals surface area contributed by atoms with E-state index in [0.717, 1.165) is 56.7 Å². The van der Waals surface area contributed by atoms with Gasteiger partial charge in [0.25, 0.3) is 0 Å². The first-order valence-corrected chi connectivity index (χ1v) is 11.6. The predicted octanol–water partition coefficient (Wildman–Crippen LogP) is 2.39. The lowest BCUT2D eigenvalue weighted by Gasteiger charge is -2.40. The molecule has 1 aromatic heterocycles. The topological polar surface area (TPSA) is 64.6 Å². The fourth-order valence-electron chi connectivity index (χ4n) is 4.55. The lowest BCUT2D eigenvalue weighted by molar-refractivity contribution is -0.128. The smallest absolute Gasteiger partial charge is 0.219 e. The Hall–Kier alpha value is -2.16. The van der Waals surface area contributed by atoms with E-state index < -0.39 is 0 Å². The Morgan fingerprint density at radius 2 is 1.90 bits per heavy atom. The third-order valence-corrected chi connectivity index (χ3v) is 7.80. The molecule has 3 aliphatic heterocycles. The maximum atomic E-state index is 11.7. The summed E-state index contributed by atoms with van der Waals surface area (Å²) in [6.07, 6.45) is 4.44. The molecule has 2 unspecified atom stereocenters. The van der Waals surface area contributed by atoms with E-state index >= 15 is 0 Å². The molecular formula is C22H28N6OS. The van der Waals surface area contributed by atoms with Gasteiger partial charge in [0, 0.05) is 75.1 Å². The van der Waals surface area contributed by atoms with E-state index in [-0.39, 0.29) is 5.91 Å². The summed E-state index contributed by atoms with van der Waals surface area (Å²) in [6, 6.07) is 6.79. The molecule has 7 nitrogen and oxygen atoms in total. The second-order valence-corrected chi connectivity index (χ2v) is 9.43. The van der Waals surface area contributed by atoms with E-state index in [1.807, 2.05) is 16.7 Å². The number of fused-ring (bicyclic) bond motifs is 1. The van der Waals surface area contributed by atoms with Crippen LogP contribution in [0.4, 0.5) is 0 Å². The molecule has 1 fully saturated rings. The van der Waals surface area contributed by atoms with Gasteiger partial charge in [0.15, 0.2) is 0 Å². The molecule has 1 N–H and O–H groups in total. The van der Waals surface area contributed by atoms with Crippen LogP contribution >= 0.6 is 11.8 Å². The maximum Gasteiger partial charge on any atom is 0.219 e. The molecule has 0 saturated carbocycles. The van der Waals surface area contributed by atoms with Crippen LogP contribution in [0.1, 0.15) is 31.9 Å². The number of thioether (sulfide) groups is 1. The zero-order valence-corrected chi connectivity index (χ0v) is 18.4. The van der Waals surface area contributed by atoms with Crippen molar-refractivity contribution in [1.29, 1.82) is 0 Å². The number of benzene rings is 1. The van der Waals surface area contributed by atoms with Crippen molar-refractivity contribution >= 4 is 28.7 Å². The molecule has 0 spiro atoms. The highest BCUT2D eigenvalue weighted by atomic mass is 32.2. The monoisotopic (exact) mass is 424 g/mol. The van der Waals surface area contributed by atoms with Crippen LogP contribution in [0, 0.1) is 0 Å². The fraction of sp³-hybridized carbons (Fsp3) is 0.500. The number of piperazine rings is 1. The number of carbonyl (C=O) groups excluding carboxylic acids is 1. The van der Waals surface area contributed by atoms with Gasteiger partial charge in [-0.25, -0.2) is 0 Å². The number of nitrogens with zero attached hydrogens (tertiary/aromatic N) is 5. The molecule has 158 valence electrons. The SMILES string of the molecule is CC(=O)N1CCC2=C(C1)SC(N1CCN(C(C)c3ccc4nccnc4c3)CC1)N2. The van der Waals surface area contributed by atoms with E-state index in [1.165, 1.54) is 16.2 Å². The average molecular weight is 425 g/mol. The number of hydrogen-bond donors (Lipinski definition) is 1. The molecule has 4 heterocycles. The molecule has 3 aliphatic rings. The van der Waals surface area contributed by atoms with Gasteiger partial charge in [-0.05, 0) is 24.6 Å². The highest BCUT2D eigenvalue weighted by Crippen LogP contribution is 2.37. The van der Waals surface area contributed by atoms with Crippen molar-refractivity contribution in [1.82, 2.24) is 30.0 Å². The lowest BCUT2D eigenvalue weighted by Crippen LogP contribution is -2.52. The van der Waals surface area contributed by atoms with Crippen LogP contribution in [-0.2, 0) is 4.79 Å². The molecule has 1 amide bonds. The number of nitrogens with one attached hydrogen (secondary N) is 1. The molecule has 2 atom stereocenters. The van der Waals surface area contributed by atoms with Gasteiger partial charge >= 0.3 is 0 Å². The molecule has 5 rings (SSSR count). The van der Waals surface area contributed by atoms with E-state index in [9.17, 15) is 4.79 Å². The van der Waals surface area contributed by atoms with Gasteiger partial charge in [-0.3, -0.25) is 24.6 Å². The largest absolute Gasteiger partial charge is 0.363 e. The molecule has 2 aromatic rings. The first-order chi connectivity index (χ1) is 14.6. The molecular weight excluding hydrogens is 396 g/mol. The molecule has 1 saturated heterocycles. The Morgan fingerprint density at radius 3 is 2.67 bits per heavy atom. The van der Waals surface area contributed by atoms with Crippen LogP contribution in [0.2, 0.25) is 0 Å². The second kappa shape index (κ2) is 8.17. The minimum absolute atomic E-state index is 0.174. The Balaban J connectivity index is 1.18. The quantitative estimate of drug-likeness (QED) is 0.812. The average Bonchev–Trinajstić information content (AvgIpc) is 3.22. The number of carbonyl (C=O) groups is 1. The standard InChI is InChI=1S/C22H28N6OS/c1-15(17-3-4-18-20(13-17)24-7-6-23-18)26-9-11-27(12-10-26)22-25-19-5-8-28(16(2)29)14-21(19)30-22/h3-4,6-7,13,15,22,25H,5,8-12,14H2,1-2H3. The van der Waals surface area contributed by atoms with Gasteiger partial charge in [-0.15, -0.1) is 0 Å². The Kier molecular flexibility index (Phi) is 5.39. The van der Waals surface area contributed by atoms with Gasteiger partial charge in [0.05, 0.1) is 17.6 Å². The first-order valence-electron chi connectivity index (χ1n) is 10.7. The van der Waals surface area contributed by atoms with Crippen molar-refractivity contribution in [3.8, 4) is 0 Å². The number of rotatable bonds is 3. The number of aromatic nitrogens is 2. The zero-order valence-electron chi connectivity index (χ0n) is 17.5. The van der Waals surface area contributed by atoms with Crippen LogP contribution in [0.3, 0.4) is 0 Å². The van der Waals surface area contributed by atoms with Gasteiger partial charge in [0.1, 0.15) is 5.50 Å². The molecule has 1 aromatic carbocycles. The van der Waals surface area contributed by atoms with Crippen molar-refractivity contribution in [3.05, 3.63) is 46.8 Å². The minimum Gasteiger partial charge on any atom is -0.363 e. The van der Waals surface area contributed by atoms with Crippen LogP contribution in [0.25, 0.3) is 11.0 Å². The van der Waals surface area contributed by atoms with Gasteiger partial charge in [0.2, 0.25) is 5.91 Å².